The zero-order valence-corrected chi connectivity index (χ0v) is 27.4. The number of hydrogen-bond donors (Lipinski definition) is 7. The largest absolute Gasteiger partial charge is 0.361 e. The number of carbonyl (C=O) groups is 4. The number of aldehydes is 1. The summed E-state index contributed by atoms with van der Waals surface area (Å²) in [7, 11) is 1.92. The minimum Gasteiger partial charge on any atom is -0.361 e. The molecule has 9 N–H and O–H groups in total. The predicted octanol–water partition coefficient (Wildman–Crippen LogP) is 2.96. The van der Waals surface area contributed by atoms with E-state index in [1.54, 1.807) is 6.92 Å². The summed E-state index contributed by atoms with van der Waals surface area (Å²) in [6.45, 7) is 3.04. The molecule has 0 aliphatic carbocycles. The molecular weight excluding hydrogens is 570 g/mol. The quantitative estimate of drug-likeness (QED) is 0.0652. The van der Waals surface area contributed by atoms with Crippen molar-refractivity contribution < 1.29 is 19.2 Å². The average Bonchev–Trinajstić information content (AvgIpc) is 3.43. The van der Waals surface area contributed by atoms with Gasteiger partial charge in [-0.25, -0.2) is 0 Å². The summed E-state index contributed by atoms with van der Waals surface area (Å²) in [4.78, 5) is 52.7. The van der Waals surface area contributed by atoms with Crippen LogP contribution in [0.4, 0.5) is 0 Å². The second-order valence-electron chi connectivity index (χ2n) is 12.1. The Morgan fingerprint density at radius 1 is 0.778 bits per heavy atom. The van der Waals surface area contributed by atoms with Crippen molar-refractivity contribution in [2.24, 2.45) is 11.5 Å². The van der Waals surface area contributed by atoms with E-state index in [2.05, 4.69) is 32.3 Å². The van der Waals surface area contributed by atoms with Gasteiger partial charge in [-0.3, -0.25) is 14.4 Å². The van der Waals surface area contributed by atoms with E-state index < -0.39 is 0 Å². The summed E-state index contributed by atoms with van der Waals surface area (Å²) in [6.07, 6.45) is 11.7. The zero-order valence-electron chi connectivity index (χ0n) is 27.4. The molecule has 11 nitrogen and oxygen atoms in total. The number of aromatic nitrogens is 1. The van der Waals surface area contributed by atoms with Gasteiger partial charge in [0.2, 0.25) is 17.7 Å². The van der Waals surface area contributed by atoms with E-state index in [-0.39, 0.29) is 61.2 Å². The van der Waals surface area contributed by atoms with E-state index in [9.17, 15) is 19.2 Å². The van der Waals surface area contributed by atoms with Gasteiger partial charge in [0, 0.05) is 67.0 Å². The van der Waals surface area contributed by atoms with Crippen molar-refractivity contribution in [2.45, 2.75) is 121 Å². The molecule has 0 aliphatic heterocycles. The first-order chi connectivity index (χ1) is 21.8. The van der Waals surface area contributed by atoms with Crippen LogP contribution in [0.25, 0.3) is 10.9 Å². The van der Waals surface area contributed by atoms with Gasteiger partial charge in [-0.15, -0.1) is 0 Å². The maximum Gasteiger partial charge on any atom is 0.220 e. The molecule has 3 amide bonds. The van der Waals surface area contributed by atoms with Gasteiger partial charge < -0.3 is 42.5 Å². The van der Waals surface area contributed by atoms with Crippen molar-refractivity contribution in [1.29, 1.82) is 0 Å². The molecule has 0 saturated heterocycles. The molecular formula is C34H57N7O4. The first kappa shape index (κ1) is 37.9. The summed E-state index contributed by atoms with van der Waals surface area (Å²) >= 11 is 0. The van der Waals surface area contributed by atoms with Gasteiger partial charge in [0.05, 0.1) is 0 Å². The fourth-order valence-electron chi connectivity index (χ4n) is 5.65. The van der Waals surface area contributed by atoms with Crippen molar-refractivity contribution in [1.82, 2.24) is 26.3 Å². The molecule has 1 aromatic heterocycles. The van der Waals surface area contributed by atoms with Crippen molar-refractivity contribution in [3.05, 3.63) is 36.0 Å². The van der Waals surface area contributed by atoms with Crippen molar-refractivity contribution in [2.75, 3.05) is 20.1 Å². The number of nitrogens with two attached hydrogens (primary N) is 2. The number of rotatable bonds is 25. The number of benzene rings is 1. The van der Waals surface area contributed by atoms with E-state index in [4.69, 9.17) is 11.5 Å². The third-order valence-corrected chi connectivity index (χ3v) is 8.31. The summed E-state index contributed by atoms with van der Waals surface area (Å²) < 4.78 is 0. The van der Waals surface area contributed by atoms with Crippen LogP contribution in [-0.2, 0) is 25.6 Å². The van der Waals surface area contributed by atoms with E-state index >= 15 is 0 Å². The highest BCUT2D eigenvalue weighted by Crippen LogP contribution is 2.20. The Balaban J connectivity index is 2.01. The maximum atomic E-state index is 13.2. The molecule has 0 bridgehead atoms. The van der Waals surface area contributed by atoms with Gasteiger partial charge in [0.25, 0.3) is 0 Å². The monoisotopic (exact) mass is 627 g/mol. The Kier molecular flexibility index (Phi) is 18.8. The molecule has 2 rings (SSSR count). The molecule has 0 fully saturated rings. The Hall–Kier alpha value is -3.28. The number of aromatic amines is 1. The van der Waals surface area contributed by atoms with Gasteiger partial charge in [0.15, 0.2) is 0 Å². The number of H-pyrrole nitrogens is 1. The Morgan fingerprint density at radius 3 is 1.96 bits per heavy atom. The number of carbonyl (C=O) groups excluding carboxylic acids is 4. The SMILES string of the molecule is CN[C@@H](CCCCN)CCC(=O)N[C@H](CCC(=O)N[C@@H](CCCCN)CCC(=O)N[C@@H](C)CC=O)Cc1c[nH]c2ccccc12. The molecule has 11 heteroatoms. The lowest BCUT2D eigenvalue weighted by atomic mass is 9.99. The molecule has 0 radical (unpaired) electrons. The van der Waals surface area contributed by atoms with Crippen molar-refractivity contribution in [3.8, 4) is 0 Å². The van der Waals surface area contributed by atoms with E-state index in [1.165, 1.54) is 0 Å². The van der Waals surface area contributed by atoms with Crippen LogP contribution in [0.15, 0.2) is 30.5 Å². The minimum absolute atomic E-state index is 0.0196. The van der Waals surface area contributed by atoms with Crippen LogP contribution in [0.2, 0.25) is 0 Å². The highest BCUT2D eigenvalue weighted by atomic mass is 16.2. The number of hydrogen-bond acceptors (Lipinski definition) is 7. The Bertz CT molecular complexity index is 1150. The fourth-order valence-corrected chi connectivity index (χ4v) is 5.65. The molecule has 1 heterocycles. The van der Waals surface area contributed by atoms with Crippen LogP contribution in [0.5, 0.6) is 0 Å². The van der Waals surface area contributed by atoms with Crippen LogP contribution >= 0.6 is 0 Å². The standard InChI is InChI=1S/C34H57N7O4/c1-25(19-22-42)39-32(43)17-14-28(10-6-8-21-36)40-33(44)18-15-29(23-26-24-38-31-12-4-3-11-30(26)31)41-34(45)16-13-27(37-2)9-5-7-20-35/h3-4,11-12,22,24-25,27-29,37-38H,5-10,13-21,23,35-36H2,1-2H3,(H,39,43)(H,40,44)(H,41,45)/t25-,27-,28-,29+/m0/s1. The van der Waals surface area contributed by atoms with E-state index in [1.807, 2.05) is 31.4 Å². The molecule has 1 aromatic carbocycles. The average molecular weight is 628 g/mol. The lowest BCUT2D eigenvalue weighted by Crippen LogP contribution is -2.40. The molecule has 0 unspecified atom stereocenters. The van der Waals surface area contributed by atoms with Gasteiger partial charge >= 0.3 is 0 Å². The van der Waals surface area contributed by atoms with Crippen LogP contribution in [0.1, 0.15) is 96.0 Å². The first-order valence-electron chi connectivity index (χ1n) is 16.7. The first-order valence-corrected chi connectivity index (χ1v) is 16.7. The van der Waals surface area contributed by atoms with Crippen LogP contribution in [-0.4, -0.2) is 73.3 Å². The minimum atomic E-state index is -0.218. The van der Waals surface area contributed by atoms with E-state index in [0.717, 1.165) is 67.7 Å². The summed E-state index contributed by atoms with van der Waals surface area (Å²) in [5.41, 5.74) is 13.4. The third kappa shape index (κ3) is 15.5. The maximum absolute atomic E-state index is 13.2. The normalized spacial score (nSPS) is 14.0. The molecule has 252 valence electrons. The lowest BCUT2D eigenvalue weighted by Gasteiger charge is -2.22. The van der Waals surface area contributed by atoms with Gasteiger partial charge in [-0.1, -0.05) is 31.0 Å². The predicted molar refractivity (Wildman–Crippen MR) is 181 cm³/mol. The highest BCUT2D eigenvalue weighted by Gasteiger charge is 2.20. The Labute approximate surface area is 268 Å². The van der Waals surface area contributed by atoms with Gasteiger partial charge in [0.1, 0.15) is 6.29 Å². The zero-order chi connectivity index (χ0) is 32.9. The van der Waals surface area contributed by atoms with Gasteiger partial charge in [-0.2, -0.15) is 0 Å². The lowest BCUT2D eigenvalue weighted by molar-refractivity contribution is -0.124. The van der Waals surface area contributed by atoms with Crippen molar-refractivity contribution >= 4 is 34.9 Å². The fraction of sp³-hybridized carbons (Fsp3) is 0.647. The van der Waals surface area contributed by atoms with Crippen LogP contribution in [0.3, 0.4) is 0 Å². The topological polar surface area (TPSA) is 184 Å². The molecule has 45 heavy (non-hydrogen) atoms. The van der Waals surface area contributed by atoms with Crippen LogP contribution < -0.4 is 32.7 Å². The summed E-state index contributed by atoms with van der Waals surface area (Å²) in [5.74, 6) is -0.256. The summed E-state index contributed by atoms with van der Waals surface area (Å²) in [5, 5.41) is 13.6. The molecule has 0 aliphatic rings. The smallest absolute Gasteiger partial charge is 0.220 e. The number of amides is 3. The summed E-state index contributed by atoms with van der Waals surface area (Å²) in [6, 6.07) is 7.74. The molecule has 2 aromatic rings. The van der Waals surface area contributed by atoms with Crippen molar-refractivity contribution in [3.63, 3.8) is 0 Å². The third-order valence-electron chi connectivity index (χ3n) is 8.31. The van der Waals surface area contributed by atoms with Gasteiger partial charge in [-0.05, 0) is 90.1 Å². The number of para-hydroxylation sites is 1. The molecule has 0 saturated carbocycles. The van der Waals surface area contributed by atoms with Crippen LogP contribution in [0, 0.1) is 0 Å². The number of nitrogens with one attached hydrogen (secondary N) is 5. The Morgan fingerprint density at radius 2 is 1.33 bits per heavy atom. The molecule has 0 spiro atoms. The second-order valence-corrected chi connectivity index (χ2v) is 12.1. The molecule has 4 atom stereocenters. The second kappa shape index (κ2) is 22.3. The number of fused-ring (bicyclic) bond motifs is 1. The van der Waals surface area contributed by atoms with E-state index in [0.29, 0.717) is 38.8 Å². The highest BCUT2D eigenvalue weighted by molar-refractivity contribution is 5.83. The number of unbranched alkanes of at least 4 members (excludes halogenated alkanes) is 2.